The second-order valence-electron chi connectivity index (χ2n) is 5.52. The molecule has 0 bridgehead atoms. The Labute approximate surface area is 153 Å². The largest absolute Gasteiger partial charge is 0.375 e. The van der Waals surface area contributed by atoms with Crippen LogP contribution in [-0.4, -0.2) is 20.2 Å². The molecule has 3 aromatic heterocycles. The van der Waals surface area contributed by atoms with Crippen LogP contribution in [0.3, 0.4) is 0 Å². The maximum absolute atomic E-state index is 6.02. The van der Waals surface area contributed by atoms with Crippen LogP contribution >= 0.6 is 22.9 Å². The molecule has 7 heteroatoms. The molecule has 25 heavy (non-hydrogen) atoms. The summed E-state index contributed by atoms with van der Waals surface area (Å²) in [7, 11) is 0. The van der Waals surface area contributed by atoms with Gasteiger partial charge in [0.05, 0.1) is 5.69 Å². The van der Waals surface area contributed by atoms with E-state index in [0.29, 0.717) is 16.6 Å². The molecule has 0 aliphatic heterocycles. The molecule has 5 nitrogen and oxygen atoms in total. The number of halogens is 1. The average Bonchev–Trinajstić information content (AvgIpc) is 3.23. The Balaban J connectivity index is 1.83. The molecule has 3 N–H and O–H groups in total. The second-order valence-corrected chi connectivity index (χ2v) is 6.85. The summed E-state index contributed by atoms with van der Waals surface area (Å²) in [4.78, 5) is 8.46. The molecule has 0 saturated carbocycles. The molecule has 0 fully saturated rings. The summed E-state index contributed by atoms with van der Waals surface area (Å²) in [5.74, 6) is 0. The Hall–Kier alpha value is -2.70. The number of nitrogens with one attached hydrogen (secondary N) is 1. The topological polar surface area (TPSA) is 80.5 Å². The minimum absolute atomic E-state index is 0.568. The van der Waals surface area contributed by atoms with Crippen LogP contribution in [-0.2, 0) is 6.42 Å². The predicted octanol–water partition coefficient (Wildman–Crippen LogP) is 4.42. The number of nitrogens with two attached hydrogens (primary N) is 1. The second kappa shape index (κ2) is 6.66. The number of anilines is 1. The summed E-state index contributed by atoms with van der Waals surface area (Å²) in [6.07, 6.45) is 4.18. The van der Waals surface area contributed by atoms with Crippen molar-refractivity contribution in [2.45, 2.75) is 6.42 Å². The van der Waals surface area contributed by atoms with Gasteiger partial charge in [-0.25, -0.2) is 4.98 Å². The normalized spacial score (nSPS) is 10.9. The molecule has 1 aromatic carbocycles. The lowest BCUT2D eigenvalue weighted by atomic mass is 9.98. The lowest BCUT2D eigenvalue weighted by molar-refractivity contribution is 0.980. The standard InChI is InChI=1S/C18H14ClN5S/c19-13-3-1-12(2-4-13)17-16(11-5-7-21-8-6-11)15(23-24-17)9-14-10-25-18(20)22-14/h1-8,10H,9H2,(H2,20,22)(H,23,24). The number of hydrogen-bond acceptors (Lipinski definition) is 5. The van der Waals surface area contributed by atoms with Crippen LogP contribution in [0.25, 0.3) is 22.4 Å². The molecule has 124 valence electrons. The molecule has 0 saturated heterocycles. The Bertz CT molecular complexity index is 992. The minimum atomic E-state index is 0.568. The van der Waals surface area contributed by atoms with E-state index in [4.69, 9.17) is 17.3 Å². The summed E-state index contributed by atoms with van der Waals surface area (Å²) in [5.41, 5.74) is 11.6. The molecule has 4 rings (SSSR count). The third kappa shape index (κ3) is 3.26. The third-order valence-electron chi connectivity index (χ3n) is 3.86. The number of aromatic amines is 1. The van der Waals surface area contributed by atoms with Crippen molar-refractivity contribution in [1.82, 2.24) is 20.2 Å². The summed E-state index contributed by atoms with van der Waals surface area (Å²) >= 11 is 7.45. The number of aromatic nitrogens is 4. The van der Waals surface area contributed by atoms with E-state index in [1.54, 1.807) is 12.4 Å². The van der Waals surface area contributed by atoms with E-state index < -0.39 is 0 Å². The number of nitrogen functional groups attached to an aromatic ring is 1. The van der Waals surface area contributed by atoms with Crippen molar-refractivity contribution in [3.63, 3.8) is 0 Å². The van der Waals surface area contributed by atoms with Gasteiger partial charge < -0.3 is 5.73 Å². The van der Waals surface area contributed by atoms with E-state index in [1.165, 1.54) is 11.3 Å². The number of hydrogen-bond donors (Lipinski definition) is 2. The van der Waals surface area contributed by atoms with Gasteiger partial charge in [-0.05, 0) is 29.8 Å². The lowest BCUT2D eigenvalue weighted by Gasteiger charge is -2.06. The Morgan fingerprint density at radius 3 is 2.48 bits per heavy atom. The van der Waals surface area contributed by atoms with E-state index in [1.807, 2.05) is 41.8 Å². The third-order valence-corrected chi connectivity index (χ3v) is 4.83. The smallest absolute Gasteiger partial charge is 0.180 e. The Morgan fingerprint density at radius 2 is 1.80 bits per heavy atom. The fraction of sp³-hybridized carbons (Fsp3) is 0.0556. The zero-order valence-electron chi connectivity index (χ0n) is 13.1. The van der Waals surface area contributed by atoms with Crippen LogP contribution in [0.1, 0.15) is 11.4 Å². The van der Waals surface area contributed by atoms with Crippen molar-refractivity contribution in [3.05, 3.63) is 70.6 Å². The fourth-order valence-corrected chi connectivity index (χ4v) is 3.43. The summed E-state index contributed by atoms with van der Waals surface area (Å²) in [6.45, 7) is 0. The highest BCUT2D eigenvalue weighted by Crippen LogP contribution is 2.34. The maximum Gasteiger partial charge on any atom is 0.180 e. The average molecular weight is 368 g/mol. The molecule has 0 unspecified atom stereocenters. The van der Waals surface area contributed by atoms with Crippen LogP contribution < -0.4 is 5.73 Å². The number of nitrogens with zero attached hydrogens (tertiary/aromatic N) is 3. The first-order chi connectivity index (χ1) is 12.2. The fourth-order valence-electron chi connectivity index (χ4n) is 2.74. The van der Waals surface area contributed by atoms with Gasteiger partial charge in [0.1, 0.15) is 5.69 Å². The van der Waals surface area contributed by atoms with Gasteiger partial charge in [-0.1, -0.05) is 23.7 Å². The van der Waals surface area contributed by atoms with Gasteiger partial charge in [0, 0.05) is 46.0 Å². The van der Waals surface area contributed by atoms with E-state index in [-0.39, 0.29) is 0 Å². The van der Waals surface area contributed by atoms with E-state index >= 15 is 0 Å². The molecular formula is C18H14ClN5S. The van der Waals surface area contributed by atoms with Crippen molar-refractivity contribution in [2.75, 3.05) is 5.73 Å². The number of benzene rings is 1. The summed E-state index contributed by atoms with van der Waals surface area (Å²) in [5, 5.41) is 10.9. The number of thiazole rings is 1. The quantitative estimate of drug-likeness (QED) is 0.559. The maximum atomic E-state index is 6.02. The Morgan fingerprint density at radius 1 is 1.04 bits per heavy atom. The highest BCUT2D eigenvalue weighted by Gasteiger charge is 2.18. The first kappa shape index (κ1) is 15.8. The number of rotatable bonds is 4. The van der Waals surface area contributed by atoms with Gasteiger partial charge in [0.2, 0.25) is 0 Å². The molecule has 0 radical (unpaired) electrons. The molecular weight excluding hydrogens is 354 g/mol. The monoisotopic (exact) mass is 367 g/mol. The highest BCUT2D eigenvalue weighted by molar-refractivity contribution is 7.13. The van der Waals surface area contributed by atoms with Crippen molar-refractivity contribution in [1.29, 1.82) is 0 Å². The summed E-state index contributed by atoms with van der Waals surface area (Å²) < 4.78 is 0. The molecule has 0 amide bonds. The van der Waals surface area contributed by atoms with E-state index in [9.17, 15) is 0 Å². The predicted molar refractivity (Wildman–Crippen MR) is 102 cm³/mol. The molecule has 0 aliphatic rings. The molecule has 0 atom stereocenters. The van der Waals surface area contributed by atoms with Crippen molar-refractivity contribution in [2.24, 2.45) is 0 Å². The zero-order valence-corrected chi connectivity index (χ0v) is 14.7. The minimum Gasteiger partial charge on any atom is -0.375 e. The van der Waals surface area contributed by atoms with Crippen molar-refractivity contribution >= 4 is 28.1 Å². The van der Waals surface area contributed by atoms with Crippen LogP contribution in [0.4, 0.5) is 5.13 Å². The van der Waals surface area contributed by atoms with E-state index in [2.05, 4.69) is 20.2 Å². The van der Waals surface area contributed by atoms with Crippen molar-refractivity contribution < 1.29 is 0 Å². The number of H-pyrrole nitrogens is 1. The van der Waals surface area contributed by atoms with E-state index in [0.717, 1.165) is 33.8 Å². The van der Waals surface area contributed by atoms with Crippen LogP contribution in [0, 0.1) is 0 Å². The SMILES string of the molecule is Nc1nc(Cc2[nH]nc(-c3ccc(Cl)cc3)c2-c2ccncc2)cs1. The first-order valence-electron chi connectivity index (χ1n) is 7.64. The first-order valence-corrected chi connectivity index (χ1v) is 8.90. The van der Waals surface area contributed by atoms with Gasteiger partial charge in [-0.2, -0.15) is 5.10 Å². The van der Waals surface area contributed by atoms with Gasteiger partial charge in [-0.15, -0.1) is 11.3 Å². The molecule has 0 spiro atoms. The summed E-state index contributed by atoms with van der Waals surface area (Å²) in [6, 6.07) is 11.6. The van der Waals surface area contributed by atoms with Crippen LogP contribution in [0.5, 0.6) is 0 Å². The Kier molecular flexibility index (Phi) is 4.21. The number of pyridine rings is 1. The molecule has 0 aliphatic carbocycles. The van der Waals surface area contributed by atoms with Gasteiger partial charge in [-0.3, -0.25) is 10.1 Å². The van der Waals surface area contributed by atoms with Gasteiger partial charge >= 0.3 is 0 Å². The van der Waals surface area contributed by atoms with Crippen LogP contribution in [0.15, 0.2) is 54.2 Å². The van der Waals surface area contributed by atoms with Crippen LogP contribution in [0.2, 0.25) is 5.02 Å². The van der Waals surface area contributed by atoms with Crippen molar-refractivity contribution in [3.8, 4) is 22.4 Å². The zero-order chi connectivity index (χ0) is 17.2. The lowest BCUT2D eigenvalue weighted by Crippen LogP contribution is -1.93. The highest BCUT2D eigenvalue weighted by atomic mass is 35.5. The van der Waals surface area contributed by atoms with Gasteiger partial charge in [0.15, 0.2) is 5.13 Å². The van der Waals surface area contributed by atoms with Gasteiger partial charge in [0.25, 0.3) is 0 Å². The molecule has 3 heterocycles. The molecule has 4 aromatic rings.